The van der Waals surface area contributed by atoms with E-state index in [0.717, 1.165) is 19.5 Å². The van der Waals surface area contributed by atoms with Gasteiger partial charge in [-0.15, -0.1) is 0 Å². The second-order valence-electron chi connectivity index (χ2n) is 4.96. The van der Waals surface area contributed by atoms with Gasteiger partial charge in [0.1, 0.15) is 0 Å². The molecule has 2 amide bonds. The van der Waals surface area contributed by atoms with Crippen LogP contribution in [0.5, 0.6) is 0 Å². The van der Waals surface area contributed by atoms with E-state index in [4.69, 9.17) is 0 Å². The summed E-state index contributed by atoms with van der Waals surface area (Å²) >= 11 is 0. The Morgan fingerprint density at radius 3 is 2.71 bits per heavy atom. The Hall–Kier alpha value is -1.03. The predicted molar refractivity (Wildman–Crippen MR) is 70.8 cm³/mol. The molecule has 1 saturated carbocycles. The van der Waals surface area contributed by atoms with Gasteiger partial charge in [-0.2, -0.15) is 0 Å². The van der Waals surface area contributed by atoms with Crippen LogP contribution in [0.4, 0.5) is 4.79 Å². The van der Waals surface area contributed by atoms with Gasteiger partial charge in [0.15, 0.2) is 0 Å². The Balaban J connectivity index is 2.00. The molecule has 0 aromatic heterocycles. The van der Waals surface area contributed by atoms with Gasteiger partial charge in [-0.3, -0.25) is 0 Å². The van der Waals surface area contributed by atoms with E-state index in [2.05, 4.69) is 21.6 Å². The van der Waals surface area contributed by atoms with E-state index in [1.165, 1.54) is 25.7 Å². The number of hydrogen-bond acceptors (Lipinski definition) is 2. The molecule has 0 bridgehead atoms. The van der Waals surface area contributed by atoms with Gasteiger partial charge < -0.3 is 15.5 Å². The number of nitrogens with one attached hydrogen (secondary N) is 2. The summed E-state index contributed by atoms with van der Waals surface area (Å²) in [7, 11) is 4.06. The smallest absolute Gasteiger partial charge is 0.318 e. The lowest BCUT2D eigenvalue weighted by molar-refractivity contribution is 0.243. The lowest BCUT2D eigenvalue weighted by Gasteiger charge is -2.09. The molecule has 1 fully saturated rings. The first-order valence-electron chi connectivity index (χ1n) is 6.54. The minimum absolute atomic E-state index is 0.0991. The van der Waals surface area contributed by atoms with Crippen molar-refractivity contribution in [2.24, 2.45) is 5.92 Å². The van der Waals surface area contributed by atoms with Gasteiger partial charge in [0.05, 0.1) is 0 Å². The Kier molecular flexibility index (Phi) is 6.70. The Labute approximate surface area is 104 Å². The van der Waals surface area contributed by atoms with Gasteiger partial charge in [-0.05, 0) is 45.8 Å². The molecule has 0 aliphatic heterocycles. The van der Waals surface area contributed by atoms with Crippen LogP contribution in [0, 0.1) is 5.92 Å². The molecule has 1 rings (SSSR count). The molecule has 1 aliphatic carbocycles. The van der Waals surface area contributed by atoms with Crippen molar-refractivity contribution in [1.82, 2.24) is 15.5 Å². The summed E-state index contributed by atoms with van der Waals surface area (Å²) in [5.74, 6) is 0.670. The molecular weight excluding hydrogens is 214 g/mol. The first kappa shape index (κ1) is 14.0. The van der Waals surface area contributed by atoms with Gasteiger partial charge in [-0.1, -0.05) is 18.9 Å². The zero-order valence-electron chi connectivity index (χ0n) is 11.0. The highest BCUT2D eigenvalue weighted by molar-refractivity contribution is 5.74. The second kappa shape index (κ2) is 8.12. The minimum Gasteiger partial charge on any atom is -0.338 e. The zero-order valence-corrected chi connectivity index (χ0v) is 11.0. The number of carbonyl (C=O) groups is 1. The monoisotopic (exact) mass is 239 g/mol. The van der Waals surface area contributed by atoms with Crippen molar-refractivity contribution in [3.05, 3.63) is 12.3 Å². The summed E-state index contributed by atoms with van der Waals surface area (Å²) in [6.45, 7) is 1.72. The van der Waals surface area contributed by atoms with Crippen LogP contribution >= 0.6 is 0 Å². The molecule has 4 nitrogen and oxygen atoms in total. The van der Waals surface area contributed by atoms with Crippen LogP contribution in [0.2, 0.25) is 0 Å². The van der Waals surface area contributed by atoms with E-state index < -0.39 is 0 Å². The lowest BCUT2D eigenvalue weighted by Crippen LogP contribution is -2.34. The molecule has 0 heterocycles. The fraction of sp³-hybridized carbons (Fsp3) is 0.769. The van der Waals surface area contributed by atoms with Gasteiger partial charge >= 0.3 is 6.03 Å². The molecule has 4 heteroatoms. The third kappa shape index (κ3) is 7.00. The highest BCUT2D eigenvalue weighted by atomic mass is 16.2. The van der Waals surface area contributed by atoms with E-state index in [0.29, 0.717) is 5.92 Å². The first-order valence-corrected chi connectivity index (χ1v) is 6.54. The molecule has 1 aliphatic rings. The molecule has 0 saturated heterocycles. The average Bonchev–Trinajstić information content (AvgIpc) is 2.77. The molecule has 0 aromatic rings. The summed E-state index contributed by atoms with van der Waals surface area (Å²) in [5, 5.41) is 5.59. The molecular formula is C13H25N3O. The fourth-order valence-corrected chi connectivity index (χ4v) is 2.06. The number of hydrogen-bond donors (Lipinski definition) is 2. The van der Waals surface area contributed by atoms with Crippen LogP contribution < -0.4 is 10.6 Å². The quantitative estimate of drug-likeness (QED) is 0.696. The van der Waals surface area contributed by atoms with Crippen molar-refractivity contribution in [2.75, 3.05) is 27.2 Å². The zero-order chi connectivity index (χ0) is 12.5. The van der Waals surface area contributed by atoms with Crippen molar-refractivity contribution in [1.29, 1.82) is 0 Å². The van der Waals surface area contributed by atoms with Crippen LogP contribution in [-0.4, -0.2) is 38.1 Å². The maximum absolute atomic E-state index is 11.4. The molecule has 0 unspecified atom stereocenters. The molecule has 0 aromatic carbocycles. The minimum atomic E-state index is -0.0991. The average molecular weight is 239 g/mol. The van der Waals surface area contributed by atoms with Crippen molar-refractivity contribution >= 4 is 6.03 Å². The molecule has 0 radical (unpaired) electrons. The second-order valence-corrected chi connectivity index (χ2v) is 4.96. The molecule has 0 atom stereocenters. The maximum Gasteiger partial charge on any atom is 0.318 e. The molecule has 2 N–H and O–H groups in total. The summed E-state index contributed by atoms with van der Waals surface area (Å²) in [4.78, 5) is 13.5. The number of nitrogens with zero attached hydrogens (tertiary/aromatic N) is 1. The molecule has 98 valence electrons. The van der Waals surface area contributed by atoms with Crippen molar-refractivity contribution in [2.45, 2.75) is 32.1 Å². The maximum atomic E-state index is 11.4. The van der Waals surface area contributed by atoms with Gasteiger partial charge in [-0.25, -0.2) is 4.79 Å². The van der Waals surface area contributed by atoms with Crippen LogP contribution in [-0.2, 0) is 0 Å². The van der Waals surface area contributed by atoms with E-state index in [1.807, 2.05) is 14.1 Å². The standard InChI is InChI=1S/C13H25N3O/c1-16(2)11-5-9-14-13(17)15-10-8-12-6-3-4-7-12/h8,10,12H,3-7,9,11H2,1-2H3,(H2,14,15,17)/b10-8+. The van der Waals surface area contributed by atoms with Crippen LogP contribution in [0.3, 0.4) is 0 Å². The van der Waals surface area contributed by atoms with Crippen molar-refractivity contribution in [3.63, 3.8) is 0 Å². The third-order valence-corrected chi connectivity index (χ3v) is 3.05. The largest absolute Gasteiger partial charge is 0.338 e. The predicted octanol–water partition coefficient (Wildman–Crippen LogP) is 1.94. The van der Waals surface area contributed by atoms with Crippen molar-refractivity contribution < 1.29 is 4.79 Å². The van der Waals surface area contributed by atoms with E-state index in [9.17, 15) is 4.79 Å². The number of rotatable bonds is 6. The molecule has 17 heavy (non-hydrogen) atoms. The SMILES string of the molecule is CN(C)CCCNC(=O)N/C=C/C1CCCC1. The number of allylic oxidation sites excluding steroid dienone is 1. The van der Waals surface area contributed by atoms with Gasteiger partial charge in [0.25, 0.3) is 0 Å². The fourth-order valence-electron chi connectivity index (χ4n) is 2.06. The van der Waals surface area contributed by atoms with E-state index in [-0.39, 0.29) is 6.03 Å². The topological polar surface area (TPSA) is 44.4 Å². The summed E-state index contributed by atoms with van der Waals surface area (Å²) in [6.07, 6.45) is 10.1. The van der Waals surface area contributed by atoms with Crippen molar-refractivity contribution in [3.8, 4) is 0 Å². The number of urea groups is 1. The summed E-state index contributed by atoms with van der Waals surface area (Å²) in [5.41, 5.74) is 0. The molecule has 0 spiro atoms. The lowest BCUT2D eigenvalue weighted by atomic mass is 10.1. The highest BCUT2D eigenvalue weighted by Gasteiger charge is 2.10. The summed E-state index contributed by atoms with van der Waals surface area (Å²) < 4.78 is 0. The van der Waals surface area contributed by atoms with Crippen LogP contribution in [0.1, 0.15) is 32.1 Å². The Morgan fingerprint density at radius 2 is 2.06 bits per heavy atom. The third-order valence-electron chi connectivity index (χ3n) is 3.05. The van der Waals surface area contributed by atoms with E-state index in [1.54, 1.807) is 6.20 Å². The Morgan fingerprint density at radius 1 is 1.35 bits per heavy atom. The first-order chi connectivity index (χ1) is 8.18. The van der Waals surface area contributed by atoms with E-state index >= 15 is 0 Å². The normalized spacial score (nSPS) is 16.9. The van der Waals surface area contributed by atoms with Crippen LogP contribution in [0.15, 0.2) is 12.3 Å². The number of amides is 2. The summed E-state index contributed by atoms with van der Waals surface area (Å²) in [6, 6.07) is -0.0991. The van der Waals surface area contributed by atoms with Gasteiger partial charge in [0.2, 0.25) is 0 Å². The number of carbonyl (C=O) groups excluding carboxylic acids is 1. The van der Waals surface area contributed by atoms with Crippen LogP contribution in [0.25, 0.3) is 0 Å². The van der Waals surface area contributed by atoms with Gasteiger partial charge in [0, 0.05) is 12.7 Å². The highest BCUT2D eigenvalue weighted by Crippen LogP contribution is 2.25. The Bertz CT molecular complexity index is 245.